The van der Waals surface area contributed by atoms with E-state index in [-0.39, 0.29) is 18.1 Å². The summed E-state index contributed by atoms with van der Waals surface area (Å²) in [5.74, 6) is 1.28. The standard InChI is InChI=1S/C27H50N2O9S/c1-2-32-10-11-34-14-15-36-18-19-38-21-20-37-17-16-35-13-12-33-9-5-7-23(30)6-3-4-8-25-26-24(22-39-25)28-27(31)29-26/h24-26H,2-22H2,1H3,(H2,28,29,31)/t24-,25-,26-/m0/s1. The van der Waals surface area contributed by atoms with Crippen molar-refractivity contribution in [1.82, 2.24) is 10.6 Å². The lowest BCUT2D eigenvalue weighted by Crippen LogP contribution is -2.36. The molecule has 3 atom stereocenters. The maximum Gasteiger partial charge on any atom is 0.315 e. The van der Waals surface area contributed by atoms with Crippen molar-refractivity contribution in [3.05, 3.63) is 0 Å². The fraction of sp³-hybridized carbons (Fsp3) is 0.926. The summed E-state index contributed by atoms with van der Waals surface area (Å²) >= 11 is 1.92. The van der Waals surface area contributed by atoms with E-state index in [1.807, 2.05) is 18.7 Å². The molecule has 2 rings (SSSR count). The summed E-state index contributed by atoms with van der Waals surface area (Å²) in [5, 5.41) is 6.44. The highest BCUT2D eigenvalue weighted by Crippen LogP contribution is 2.33. The molecule has 0 aliphatic carbocycles. The Hall–Kier alpha value is -0.990. The minimum Gasteiger partial charge on any atom is -0.379 e. The lowest BCUT2D eigenvalue weighted by Gasteiger charge is -2.16. The highest BCUT2D eigenvalue weighted by Gasteiger charge is 2.42. The van der Waals surface area contributed by atoms with Gasteiger partial charge in [0.25, 0.3) is 0 Å². The number of thioether (sulfide) groups is 1. The molecule has 12 heteroatoms. The molecule has 39 heavy (non-hydrogen) atoms. The van der Waals surface area contributed by atoms with E-state index in [1.54, 1.807) is 0 Å². The zero-order valence-electron chi connectivity index (χ0n) is 23.7. The van der Waals surface area contributed by atoms with Gasteiger partial charge in [-0.15, -0.1) is 0 Å². The van der Waals surface area contributed by atoms with Crippen LogP contribution < -0.4 is 10.6 Å². The molecular formula is C27H50N2O9S. The van der Waals surface area contributed by atoms with Gasteiger partial charge >= 0.3 is 6.03 Å². The van der Waals surface area contributed by atoms with Crippen molar-refractivity contribution in [3.8, 4) is 0 Å². The van der Waals surface area contributed by atoms with Crippen molar-refractivity contribution < 1.29 is 42.7 Å². The molecule has 2 fully saturated rings. The molecule has 2 saturated heterocycles. The van der Waals surface area contributed by atoms with Crippen LogP contribution >= 0.6 is 11.8 Å². The molecular weight excluding hydrogens is 528 g/mol. The number of Topliss-reactive ketones (excluding diaryl/α,β-unsaturated/α-hetero) is 1. The molecule has 2 aliphatic rings. The molecule has 0 aromatic carbocycles. The average Bonchev–Trinajstić information content (AvgIpc) is 3.48. The average molecular weight is 579 g/mol. The van der Waals surface area contributed by atoms with Gasteiger partial charge in [-0.1, -0.05) is 6.42 Å². The van der Waals surface area contributed by atoms with E-state index in [1.165, 1.54) is 0 Å². The molecule has 0 bridgehead atoms. The maximum atomic E-state index is 12.1. The minimum absolute atomic E-state index is 0.0458. The Kier molecular flexibility index (Phi) is 20.8. The van der Waals surface area contributed by atoms with Gasteiger partial charge in [0, 0.05) is 37.1 Å². The third-order valence-electron chi connectivity index (χ3n) is 6.31. The molecule has 2 heterocycles. The topological polar surface area (TPSA) is 123 Å². The summed E-state index contributed by atoms with van der Waals surface area (Å²) in [4.78, 5) is 23.5. The van der Waals surface area contributed by atoms with Crippen LogP contribution in [0.2, 0.25) is 0 Å². The van der Waals surface area contributed by atoms with Crippen LogP contribution in [0.3, 0.4) is 0 Å². The molecule has 0 aromatic rings. The van der Waals surface area contributed by atoms with Crippen LogP contribution in [0, 0.1) is 0 Å². The molecule has 2 amide bonds. The molecule has 0 saturated carbocycles. The van der Waals surface area contributed by atoms with Gasteiger partial charge in [0.15, 0.2) is 0 Å². The van der Waals surface area contributed by atoms with Crippen molar-refractivity contribution in [1.29, 1.82) is 0 Å². The molecule has 0 spiro atoms. The summed E-state index contributed by atoms with van der Waals surface area (Å²) in [5.41, 5.74) is 0. The smallest absolute Gasteiger partial charge is 0.315 e. The van der Waals surface area contributed by atoms with Gasteiger partial charge < -0.3 is 43.8 Å². The largest absolute Gasteiger partial charge is 0.379 e. The summed E-state index contributed by atoms with van der Waals surface area (Å²) in [6, 6.07) is 0.467. The second-order valence-corrected chi connectivity index (χ2v) is 10.7. The van der Waals surface area contributed by atoms with Crippen LogP contribution in [0.5, 0.6) is 0 Å². The van der Waals surface area contributed by atoms with Gasteiger partial charge in [-0.25, -0.2) is 4.79 Å². The predicted molar refractivity (Wildman–Crippen MR) is 150 cm³/mol. The second kappa shape index (κ2) is 23.7. The predicted octanol–water partition coefficient (Wildman–Crippen LogP) is 2.20. The normalized spacial score (nSPS) is 20.2. The Bertz CT molecular complexity index is 632. The van der Waals surface area contributed by atoms with Gasteiger partial charge in [0.1, 0.15) is 5.78 Å². The van der Waals surface area contributed by atoms with E-state index in [0.29, 0.717) is 116 Å². The Labute approximate surface area is 238 Å². The first-order valence-corrected chi connectivity index (χ1v) is 15.5. The number of rotatable bonds is 28. The Balaban J connectivity index is 1.21. The number of nitrogens with one attached hydrogen (secondary N) is 2. The number of urea groups is 1. The first-order valence-electron chi connectivity index (χ1n) is 14.4. The van der Waals surface area contributed by atoms with Gasteiger partial charge in [-0.05, 0) is 26.2 Å². The first-order chi connectivity index (χ1) is 19.2. The fourth-order valence-electron chi connectivity index (χ4n) is 4.27. The van der Waals surface area contributed by atoms with Gasteiger partial charge in [-0.3, -0.25) is 4.79 Å². The van der Waals surface area contributed by atoms with Crippen LogP contribution in [-0.4, -0.2) is 127 Å². The van der Waals surface area contributed by atoms with Gasteiger partial charge in [0.2, 0.25) is 0 Å². The lowest BCUT2D eigenvalue weighted by atomic mass is 10.0. The van der Waals surface area contributed by atoms with E-state index >= 15 is 0 Å². The Morgan fingerprint density at radius 3 is 1.72 bits per heavy atom. The number of carbonyl (C=O) groups is 2. The number of amides is 2. The third-order valence-corrected chi connectivity index (χ3v) is 7.82. The van der Waals surface area contributed by atoms with Crippen molar-refractivity contribution >= 4 is 23.6 Å². The number of carbonyl (C=O) groups excluding carboxylic acids is 2. The van der Waals surface area contributed by atoms with E-state index in [9.17, 15) is 9.59 Å². The quantitative estimate of drug-likeness (QED) is 0.106. The summed E-state index contributed by atoms with van der Waals surface area (Å²) in [7, 11) is 0. The van der Waals surface area contributed by atoms with E-state index < -0.39 is 0 Å². The first kappa shape index (κ1) is 34.2. The van der Waals surface area contributed by atoms with Crippen LogP contribution in [0.15, 0.2) is 0 Å². The maximum absolute atomic E-state index is 12.1. The fourth-order valence-corrected chi connectivity index (χ4v) is 5.81. The van der Waals surface area contributed by atoms with Crippen LogP contribution in [0.4, 0.5) is 4.79 Å². The highest BCUT2D eigenvalue weighted by molar-refractivity contribution is 8.00. The Morgan fingerprint density at radius 2 is 1.18 bits per heavy atom. The molecule has 2 aliphatic heterocycles. The van der Waals surface area contributed by atoms with Gasteiger partial charge in [0.05, 0.1) is 91.4 Å². The van der Waals surface area contributed by atoms with Crippen molar-refractivity contribution in [2.24, 2.45) is 0 Å². The minimum atomic E-state index is -0.0458. The third kappa shape index (κ3) is 17.4. The second-order valence-electron chi connectivity index (χ2n) is 9.38. The molecule has 2 N–H and O–H groups in total. The molecule has 11 nitrogen and oxygen atoms in total. The van der Waals surface area contributed by atoms with Crippen LogP contribution in [0.1, 0.15) is 45.4 Å². The highest BCUT2D eigenvalue weighted by atomic mass is 32.2. The number of ketones is 1. The monoisotopic (exact) mass is 578 g/mol. The van der Waals surface area contributed by atoms with Crippen molar-refractivity contribution in [2.45, 2.75) is 62.8 Å². The van der Waals surface area contributed by atoms with Gasteiger partial charge in [-0.2, -0.15) is 11.8 Å². The number of hydrogen-bond donors (Lipinski definition) is 2. The van der Waals surface area contributed by atoms with Crippen LogP contribution in [0.25, 0.3) is 0 Å². The molecule has 0 unspecified atom stereocenters. The number of fused-ring (bicyclic) bond motifs is 1. The summed E-state index contributed by atoms with van der Waals surface area (Å²) < 4.78 is 37.9. The molecule has 0 aromatic heterocycles. The van der Waals surface area contributed by atoms with E-state index in [0.717, 1.165) is 31.4 Å². The zero-order valence-corrected chi connectivity index (χ0v) is 24.5. The SMILES string of the molecule is CCOCCOCCOCCOCCOCCOCCOCCCC(=O)CCCC[C@@H]1SC[C@@H]2NC(=O)N[C@@H]21. The zero-order chi connectivity index (χ0) is 27.8. The molecule has 228 valence electrons. The summed E-state index contributed by atoms with van der Waals surface area (Å²) in [6.07, 6.45) is 4.92. The van der Waals surface area contributed by atoms with E-state index in [2.05, 4.69) is 10.6 Å². The van der Waals surface area contributed by atoms with E-state index in [4.69, 9.17) is 33.2 Å². The van der Waals surface area contributed by atoms with Crippen LogP contribution in [-0.2, 0) is 38.0 Å². The Morgan fingerprint density at radius 1 is 0.692 bits per heavy atom. The number of unbranched alkanes of at least 4 members (excludes halogenated alkanes) is 1. The van der Waals surface area contributed by atoms with Crippen molar-refractivity contribution in [3.63, 3.8) is 0 Å². The molecule has 0 radical (unpaired) electrons. The lowest BCUT2D eigenvalue weighted by molar-refractivity contribution is -0.119. The van der Waals surface area contributed by atoms with Crippen molar-refractivity contribution in [2.75, 3.05) is 98.2 Å². The number of ether oxygens (including phenoxy) is 7. The number of hydrogen-bond acceptors (Lipinski definition) is 10. The summed E-state index contributed by atoms with van der Waals surface area (Å²) in [6.45, 7) is 9.72.